The van der Waals surface area contributed by atoms with E-state index in [4.69, 9.17) is 0 Å². The Balaban J connectivity index is 1.00. The predicted octanol–water partition coefficient (Wildman–Crippen LogP) is 16.2. The Morgan fingerprint density at radius 3 is 1.60 bits per heavy atom. The van der Waals surface area contributed by atoms with E-state index in [0.717, 1.165) is 29.4 Å². The molecule has 0 unspecified atom stereocenters. The summed E-state index contributed by atoms with van der Waals surface area (Å²) in [5, 5.41) is 0. The van der Waals surface area contributed by atoms with Crippen LogP contribution in [0.2, 0.25) is 0 Å². The monoisotopic (exact) mass is 797 g/mol. The first kappa shape index (κ1) is 36.2. The van der Waals surface area contributed by atoms with Crippen LogP contribution in [0.3, 0.4) is 0 Å². The van der Waals surface area contributed by atoms with Gasteiger partial charge >= 0.3 is 0 Å². The molecule has 0 radical (unpaired) electrons. The molecule has 0 aliphatic heterocycles. The van der Waals surface area contributed by atoms with E-state index in [2.05, 4.69) is 207 Å². The molecule has 8 aromatic rings. The molecule has 4 saturated carbocycles. The summed E-state index contributed by atoms with van der Waals surface area (Å²) in [6.07, 6.45) is 7.01. The van der Waals surface area contributed by atoms with Crippen LogP contribution in [0.25, 0.3) is 55.6 Å². The minimum atomic E-state index is -0.0927. The van der Waals surface area contributed by atoms with Gasteiger partial charge in [-0.1, -0.05) is 178 Å². The maximum absolute atomic E-state index is 2.54. The Labute approximate surface area is 366 Å². The number of hydrogen-bond donors (Lipinski definition) is 0. The van der Waals surface area contributed by atoms with E-state index in [-0.39, 0.29) is 10.8 Å². The van der Waals surface area contributed by atoms with Crippen molar-refractivity contribution < 1.29 is 0 Å². The maximum atomic E-state index is 2.54. The quantitative estimate of drug-likeness (QED) is 0.162. The van der Waals surface area contributed by atoms with E-state index < -0.39 is 0 Å². The SMILES string of the molecule is CC1(C)c2ccccc2-c2cccc(-c3ccc(N(c4ccccc4-c4ccccc4)c4ccccc4-c4cccc5c4-c4ccccc4C54C5CC6CC(C5)CC4C6)cc3)c21. The van der Waals surface area contributed by atoms with Crippen LogP contribution >= 0.6 is 0 Å². The lowest BCUT2D eigenvalue weighted by molar-refractivity contribution is -0.0399. The van der Waals surface area contributed by atoms with Crippen molar-refractivity contribution in [2.75, 3.05) is 4.90 Å². The van der Waals surface area contributed by atoms with Crippen LogP contribution in [0.15, 0.2) is 188 Å². The second kappa shape index (κ2) is 13.5. The summed E-state index contributed by atoms with van der Waals surface area (Å²) in [4.78, 5) is 2.54. The van der Waals surface area contributed by atoms with Crippen molar-refractivity contribution in [1.29, 1.82) is 0 Å². The average molecular weight is 798 g/mol. The van der Waals surface area contributed by atoms with Gasteiger partial charge in [-0.2, -0.15) is 0 Å². The van der Waals surface area contributed by atoms with Gasteiger partial charge in [-0.3, -0.25) is 0 Å². The third-order valence-corrected chi connectivity index (χ3v) is 16.3. The van der Waals surface area contributed by atoms with Gasteiger partial charge in [0.05, 0.1) is 11.4 Å². The first-order chi connectivity index (χ1) is 30.5. The van der Waals surface area contributed by atoms with Crippen LogP contribution in [0, 0.1) is 23.7 Å². The van der Waals surface area contributed by atoms with Gasteiger partial charge in [0.2, 0.25) is 0 Å². The highest BCUT2D eigenvalue weighted by Crippen LogP contribution is 2.70. The third-order valence-electron chi connectivity index (χ3n) is 16.3. The van der Waals surface area contributed by atoms with Gasteiger partial charge in [0.25, 0.3) is 0 Å². The van der Waals surface area contributed by atoms with Crippen molar-refractivity contribution in [1.82, 2.24) is 0 Å². The summed E-state index contributed by atoms with van der Waals surface area (Å²) in [6.45, 7) is 4.77. The molecular weight excluding hydrogens is 747 g/mol. The summed E-state index contributed by atoms with van der Waals surface area (Å²) in [7, 11) is 0. The fraction of sp³-hybridized carbons (Fsp3) is 0.213. The molecular formula is C61H51N. The topological polar surface area (TPSA) is 3.24 Å². The van der Waals surface area contributed by atoms with E-state index in [1.807, 2.05) is 0 Å². The number of hydrogen-bond acceptors (Lipinski definition) is 1. The van der Waals surface area contributed by atoms with Crippen LogP contribution < -0.4 is 4.90 Å². The van der Waals surface area contributed by atoms with Gasteiger partial charge in [-0.25, -0.2) is 0 Å². The lowest BCUT2D eigenvalue weighted by Crippen LogP contribution is -2.55. The zero-order valence-corrected chi connectivity index (χ0v) is 35.7. The molecule has 6 aliphatic carbocycles. The molecule has 4 fully saturated rings. The largest absolute Gasteiger partial charge is 0.309 e. The van der Waals surface area contributed by atoms with Crippen molar-refractivity contribution in [3.05, 3.63) is 210 Å². The van der Waals surface area contributed by atoms with Crippen LogP contribution in [0.5, 0.6) is 0 Å². The van der Waals surface area contributed by atoms with Gasteiger partial charge in [0.1, 0.15) is 0 Å². The predicted molar refractivity (Wildman–Crippen MR) is 258 cm³/mol. The molecule has 0 atom stereocenters. The lowest BCUT2D eigenvalue weighted by Gasteiger charge is -2.61. The summed E-state index contributed by atoms with van der Waals surface area (Å²) >= 11 is 0. The Hall–Kier alpha value is -6.44. The Kier molecular flexibility index (Phi) is 7.91. The molecule has 8 aromatic carbocycles. The summed E-state index contributed by atoms with van der Waals surface area (Å²) in [6, 6.07) is 71.3. The first-order valence-electron chi connectivity index (χ1n) is 23.1. The summed E-state index contributed by atoms with van der Waals surface area (Å²) in [5.74, 6) is 3.28. The van der Waals surface area contributed by atoms with Gasteiger partial charge in [-0.05, 0) is 147 Å². The molecule has 6 aliphatic rings. The number of fused-ring (bicyclic) bond motifs is 6. The minimum Gasteiger partial charge on any atom is -0.309 e. The van der Waals surface area contributed by atoms with Crippen molar-refractivity contribution in [3.8, 4) is 55.6 Å². The minimum absolute atomic E-state index is 0.0927. The van der Waals surface area contributed by atoms with Crippen molar-refractivity contribution in [2.24, 2.45) is 23.7 Å². The molecule has 0 saturated heterocycles. The van der Waals surface area contributed by atoms with Crippen molar-refractivity contribution in [2.45, 2.75) is 56.8 Å². The van der Waals surface area contributed by atoms with E-state index >= 15 is 0 Å². The standard InChI is InChI=1S/C61H51N/c1-60(2)53-25-10-6-19-48(53)51-24-14-22-47(59(51)60)42-30-32-45(33-31-42)62(56-28-12-8-18-46(56)41-16-4-3-5-17-41)57-29-13-9-20-49(57)50-23-15-27-55-58(50)52-21-7-11-26-54(52)61(55)43-35-39-34-40(37-43)38-44(61)36-39/h3-33,39-40,43-44H,34-38H2,1-2H3. The molecule has 0 amide bonds. The molecule has 14 rings (SSSR count). The molecule has 0 aromatic heterocycles. The van der Waals surface area contributed by atoms with Gasteiger partial charge in [0, 0.05) is 27.6 Å². The van der Waals surface area contributed by atoms with Crippen molar-refractivity contribution in [3.63, 3.8) is 0 Å². The Bertz CT molecular complexity index is 3030. The molecule has 1 nitrogen and oxygen atoms in total. The number of rotatable bonds is 6. The Morgan fingerprint density at radius 1 is 0.371 bits per heavy atom. The van der Waals surface area contributed by atoms with Crippen LogP contribution in [0.1, 0.15) is 68.2 Å². The number of anilines is 3. The lowest BCUT2D eigenvalue weighted by atomic mass is 9.43. The highest BCUT2D eigenvalue weighted by atomic mass is 15.1. The van der Waals surface area contributed by atoms with Gasteiger partial charge in [0.15, 0.2) is 0 Å². The molecule has 4 bridgehead atoms. The highest BCUT2D eigenvalue weighted by Gasteiger charge is 2.61. The van der Waals surface area contributed by atoms with Crippen LogP contribution in [0.4, 0.5) is 17.1 Å². The van der Waals surface area contributed by atoms with E-state index in [9.17, 15) is 0 Å². The fourth-order valence-corrected chi connectivity index (χ4v) is 14.1. The van der Waals surface area contributed by atoms with E-state index in [0.29, 0.717) is 0 Å². The van der Waals surface area contributed by atoms with Crippen LogP contribution in [-0.2, 0) is 10.8 Å². The second-order valence-corrected chi connectivity index (χ2v) is 19.6. The maximum Gasteiger partial charge on any atom is 0.0540 e. The van der Waals surface area contributed by atoms with E-state index in [1.165, 1.54) is 110 Å². The fourth-order valence-electron chi connectivity index (χ4n) is 14.1. The van der Waals surface area contributed by atoms with Crippen molar-refractivity contribution >= 4 is 17.1 Å². The zero-order valence-electron chi connectivity index (χ0n) is 35.7. The average Bonchev–Trinajstić information content (AvgIpc) is 3.75. The van der Waals surface area contributed by atoms with Crippen LogP contribution in [-0.4, -0.2) is 0 Å². The summed E-state index contributed by atoms with van der Waals surface area (Å²) < 4.78 is 0. The molecule has 0 heterocycles. The van der Waals surface area contributed by atoms with E-state index in [1.54, 1.807) is 11.1 Å². The molecule has 300 valence electrons. The number of benzene rings is 8. The van der Waals surface area contributed by atoms with Gasteiger partial charge < -0.3 is 4.90 Å². The number of nitrogens with zero attached hydrogens (tertiary/aromatic N) is 1. The Morgan fingerprint density at radius 2 is 0.871 bits per heavy atom. The highest BCUT2D eigenvalue weighted by molar-refractivity contribution is 6.00. The molecule has 62 heavy (non-hydrogen) atoms. The molecule has 0 N–H and O–H groups in total. The second-order valence-electron chi connectivity index (χ2n) is 19.6. The first-order valence-corrected chi connectivity index (χ1v) is 23.1. The van der Waals surface area contributed by atoms with Gasteiger partial charge in [-0.15, -0.1) is 0 Å². The zero-order chi connectivity index (χ0) is 41.2. The third kappa shape index (κ3) is 5.03. The molecule has 1 spiro atoms. The molecule has 1 heteroatoms. The summed E-state index contributed by atoms with van der Waals surface area (Å²) in [5.41, 5.74) is 22.8. The smallest absolute Gasteiger partial charge is 0.0540 e. The normalized spacial score (nSPS) is 22.9. The number of para-hydroxylation sites is 2.